The smallest absolute Gasteiger partial charge is 0.225 e. The molecule has 1 fully saturated rings. The van der Waals surface area contributed by atoms with E-state index in [4.69, 9.17) is 0 Å². The van der Waals surface area contributed by atoms with Crippen molar-refractivity contribution in [1.29, 1.82) is 0 Å². The number of aromatic nitrogens is 4. The molecule has 0 aliphatic heterocycles. The number of anilines is 3. The molecular weight excluding hydrogens is 348 g/mol. The highest BCUT2D eigenvalue weighted by Gasteiger charge is 2.26. The second kappa shape index (κ2) is 8.52. The summed E-state index contributed by atoms with van der Waals surface area (Å²) in [6, 6.07) is 22.1. The Labute approximate surface area is 164 Å². The fraction of sp³-hybridized carbons (Fsp3) is 0.227. The minimum Gasteiger partial charge on any atom is -0.354 e. The van der Waals surface area contributed by atoms with Gasteiger partial charge in [0.15, 0.2) is 0 Å². The van der Waals surface area contributed by atoms with E-state index in [2.05, 4.69) is 36.9 Å². The van der Waals surface area contributed by atoms with Gasteiger partial charge in [0.05, 0.1) is 11.2 Å². The second-order valence-electron chi connectivity index (χ2n) is 6.70. The summed E-state index contributed by atoms with van der Waals surface area (Å²) >= 11 is 0. The highest BCUT2D eigenvalue weighted by molar-refractivity contribution is 5.91. The van der Waals surface area contributed by atoms with Crippen molar-refractivity contribution < 1.29 is 0 Å². The Morgan fingerprint density at radius 2 is 1.68 bits per heavy atom. The minimum atomic E-state index is 0.630. The minimum absolute atomic E-state index is 0.630. The van der Waals surface area contributed by atoms with Crippen LogP contribution in [-0.2, 0) is 0 Å². The Balaban J connectivity index is 0.000000275. The number of benzene rings is 2. The van der Waals surface area contributed by atoms with Crippen LogP contribution in [-0.4, -0.2) is 26.7 Å². The van der Waals surface area contributed by atoms with Crippen molar-refractivity contribution in [1.82, 2.24) is 20.2 Å². The van der Waals surface area contributed by atoms with Gasteiger partial charge in [0.25, 0.3) is 0 Å². The molecule has 0 atom stereocenters. The topological polar surface area (TPSA) is 78.5 Å². The Hall–Kier alpha value is -3.41. The molecule has 0 spiro atoms. The van der Waals surface area contributed by atoms with Crippen molar-refractivity contribution in [3.05, 3.63) is 72.4 Å². The largest absolute Gasteiger partial charge is 0.354 e. The summed E-state index contributed by atoms with van der Waals surface area (Å²) in [4.78, 5) is 9.10. The van der Waals surface area contributed by atoms with Crippen molar-refractivity contribution in [2.24, 2.45) is 0 Å². The lowest BCUT2D eigenvalue weighted by Crippen LogP contribution is -2.05. The molecule has 0 unspecified atom stereocenters. The monoisotopic (exact) mass is 372 g/mol. The van der Waals surface area contributed by atoms with Crippen LogP contribution in [0.3, 0.4) is 0 Å². The number of H-pyrrole nitrogens is 1. The summed E-state index contributed by atoms with van der Waals surface area (Å²) in [5.74, 6) is 2.91. The number of nitrogens with zero attached hydrogens (tertiary/aromatic N) is 3. The lowest BCUT2D eigenvalue weighted by atomic mass is 10.2. The summed E-state index contributed by atoms with van der Waals surface area (Å²) in [5.41, 5.74) is 2.05. The lowest BCUT2D eigenvalue weighted by Gasteiger charge is -2.09. The summed E-state index contributed by atoms with van der Waals surface area (Å²) in [5, 5.41) is 14.9. The van der Waals surface area contributed by atoms with Gasteiger partial charge in [-0.2, -0.15) is 10.1 Å². The standard InChI is InChI=1S/C16H18N6.C6H6/c1-2-17-16-18-12-6-4-3-5-11(12)15(20-16)19-14-9-13(21-22-14)10-7-8-10;1-2-4-6-5-3-1/h3-6,9-10H,2,7-8H2,1H3,(H3,17,18,19,20,21,22);1-6H. The molecule has 3 N–H and O–H groups in total. The Morgan fingerprint density at radius 1 is 0.964 bits per heavy atom. The maximum absolute atomic E-state index is 4.57. The van der Waals surface area contributed by atoms with E-state index >= 15 is 0 Å². The van der Waals surface area contributed by atoms with Crippen molar-refractivity contribution in [3.63, 3.8) is 0 Å². The number of fused-ring (bicyclic) bond motifs is 1. The average Bonchev–Trinajstić information content (AvgIpc) is 3.49. The molecule has 142 valence electrons. The van der Waals surface area contributed by atoms with Crippen LogP contribution in [0.5, 0.6) is 0 Å². The van der Waals surface area contributed by atoms with Gasteiger partial charge in [-0.05, 0) is 31.9 Å². The highest BCUT2D eigenvalue weighted by Crippen LogP contribution is 2.39. The lowest BCUT2D eigenvalue weighted by molar-refractivity contribution is 0.966. The molecule has 28 heavy (non-hydrogen) atoms. The van der Waals surface area contributed by atoms with Crippen molar-refractivity contribution in [3.8, 4) is 0 Å². The molecule has 1 aliphatic carbocycles. The SMILES string of the molecule is CCNc1nc(Nc2cc(C3CC3)n[nH]2)c2ccccc2n1.c1ccccc1. The fourth-order valence-electron chi connectivity index (χ4n) is 2.91. The number of para-hydroxylation sites is 1. The van der Waals surface area contributed by atoms with Crippen LogP contribution in [0.2, 0.25) is 0 Å². The molecule has 0 radical (unpaired) electrons. The van der Waals surface area contributed by atoms with Crippen LogP contribution < -0.4 is 10.6 Å². The van der Waals surface area contributed by atoms with Crippen LogP contribution in [0.1, 0.15) is 31.4 Å². The quantitative estimate of drug-likeness (QED) is 0.455. The zero-order valence-corrected chi connectivity index (χ0v) is 15.9. The van der Waals surface area contributed by atoms with Gasteiger partial charge in [0, 0.05) is 23.9 Å². The molecule has 4 aromatic rings. The van der Waals surface area contributed by atoms with E-state index in [1.54, 1.807) is 0 Å². The van der Waals surface area contributed by atoms with Crippen molar-refractivity contribution >= 4 is 28.5 Å². The first kappa shape index (κ1) is 18.0. The molecule has 6 nitrogen and oxygen atoms in total. The maximum Gasteiger partial charge on any atom is 0.225 e. The molecule has 6 heteroatoms. The number of aromatic amines is 1. The molecule has 1 aliphatic rings. The summed E-state index contributed by atoms with van der Waals surface area (Å²) in [7, 11) is 0. The first-order valence-electron chi connectivity index (χ1n) is 9.66. The van der Waals surface area contributed by atoms with Crippen molar-refractivity contribution in [2.75, 3.05) is 17.2 Å². The average molecular weight is 372 g/mol. The molecule has 2 heterocycles. The predicted molar refractivity (Wildman–Crippen MR) is 114 cm³/mol. The van der Waals surface area contributed by atoms with Gasteiger partial charge in [0.1, 0.15) is 11.6 Å². The van der Waals surface area contributed by atoms with E-state index in [-0.39, 0.29) is 0 Å². The molecule has 1 saturated carbocycles. The molecule has 0 saturated heterocycles. The summed E-state index contributed by atoms with van der Waals surface area (Å²) in [6.07, 6.45) is 2.48. The first-order valence-corrected chi connectivity index (χ1v) is 9.66. The molecule has 2 aromatic heterocycles. The van der Waals surface area contributed by atoms with Gasteiger partial charge in [-0.3, -0.25) is 5.10 Å². The Morgan fingerprint density at radius 3 is 2.36 bits per heavy atom. The Bertz CT molecular complexity index is 997. The van der Waals surface area contributed by atoms with Gasteiger partial charge in [0.2, 0.25) is 5.95 Å². The highest BCUT2D eigenvalue weighted by atomic mass is 15.2. The van der Waals surface area contributed by atoms with E-state index in [0.29, 0.717) is 11.9 Å². The first-order chi connectivity index (χ1) is 13.8. The van der Waals surface area contributed by atoms with Crippen LogP contribution in [0, 0.1) is 0 Å². The fourth-order valence-corrected chi connectivity index (χ4v) is 2.91. The molecular formula is C22H24N6. The molecule has 0 bridgehead atoms. The van der Waals surface area contributed by atoms with E-state index in [0.717, 1.165) is 34.8 Å². The zero-order chi connectivity index (χ0) is 19.2. The summed E-state index contributed by atoms with van der Waals surface area (Å²) < 4.78 is 0. The van der Waals surface area contributed by atoms with Gasteiger partial charge in [-0.15, -0.1) is 0 Å². The predicted octanol–water partition coefficient (Wildman–Crippen LogP) is 5.09. The maximum atomic E-state index is 4.57. The normalized spacial score (nSPS) is 12.9. The Kier molecular flexibility index (Phi) is 5.47. The van der Waals surface area contributed by atoms with Gasteiger partial charge >= 0.3 is 0 Å². The second-order valence-corrected chi connectivity index (χ2v) is 6.70. The van der Waals surface area contributed by atoms with Crippen molar-refractivity contribution in [2.45, 2.75) is 25.7 Å². The number of rotatable bonds is 5. The number of hydrogen-bond acceptors (Lipinski definition) is 5. The van der Waals surface area contributed by atoms with E-state index in [1.807, 2.05) is 67.6 Å². The molecule has 0 amide bonds. The third kappa shape index (κ3) is 4.46. The van der Waals surface area contributed by atoms with E-state index < -0.39 is 0 Å². The van der Waals surface area contributed by atoms with Gasteiger partial charge < -0.3 is 10.6 Å². The zero-order valence-electron chi connectivity index (χ0n) is 15.9. The van der Waals surface area contributed by atoms with Crippen LogP contribution in [0.25, 0.3) is 10.9 Å². The van der Waals surface area contributed by atoms with Crippen LogP contribution in [0.15, 0.2) is 66.7 Å². The van der Waals surface area contributed by atoms with E-state index in [9.17, 15) is 0 Å². The molecule has 5 rings (SSSR count). The van der Waals surface area contributed by atoms with E-state index in [1.165, 1.54) is 12.8 Å². The molecule has 2 aromatic carbocycles. The summed E-state index contributed by atoms with van der Waals surface area (Å²) in [6.45, 7) is 2.82. The number of nitrogens with one attached hydrogen (secondary N) is 3. The van der Waals surface area contributed by atoms with Crippen LogP contribution >= 0.6 is 0 Å². The van der Waals surface area contributed by atoms with Crippen LogP contribution in [0.4, 0.5) is 17.6 Å². The third-order valence-electron chi connectivity index (χ3n) is 4.45. The third-order valence-corrected chi connectivity index (χ3v) is 4.45. The van der Waals surface area contributed by atoms with Gasteiger partial charge in [-0.1, -0.05) is 48.5 Å². The van der Waals surface area contributed by atoms with Gasteiger partial charge in [-0.25, -0.2) is 4.98 Å². The number of hydrogen-bond donors (Lipinski definition) is 3.